The number of allylic oxidation sites excluding steroid dienone is 4. The fraction of sp³-hybridized carbons (Fsp3) is 0.892. The molecule has 0 aliphatic carbocycles. The first kappa shape index (κ1) is 90.5. The van der Waals surface area contributed by atoms with Crippen molar-refractivity contribution in [2.45, 2.75) is 374 Å². The number of esters is 4. The summed E-state index contributed by atoms with van der Waals surface area (Å²) < 4.78 is 68.4. The van der Waals surface area contributed by atoms with Gasteiger partial charge in [-0.05, 0) is 63.2 Å². The summed E-state index contributed by atoms with van der Waals surface area (Å²) in [5, 5.41) is 10.6. The van der Waals surface area contributed by atoms with E-state index in [1.165, 1.54) is 154 Å². The summed E-state index contributed by atoms with van der Waals surface area (Å²) in [5.41, 5.74) is 0. The molecule has 5 atom stereocenters. The van der Waals surface area contributed by atoms with Gasteiger partial charge in [-0.2, -0.15) is 0 Å². The molecule has 0 rings (SSSR count). The molecule has 548 valence electrons. The Kier molecular flexibility index (Phi) is 63.7. The van der Waals surface area contributed by atoms with Gasteiger partial charge in [0.25, 0.3) is 0 Å². The predicted octanol–water partition coefficient (Wildman–Crippen LogP) is 21.1. The van der Waals surface area contributed by atoms with Crippen molar-refractivity contribution in [2.24, 2.45) is 11.8 Å². The van der Waals surface area contributed by atoms with Crippen LogP contribution in [0.4, 0.5) is 0 Å². The van der Waals surface area contributed by atoms with Crippen LogP contribution >= 0.6 is 15.6 Å². The Bertz CT molecular complexity index is 1900. The number of hydrogen-bond acceptors (Lipinski definition) is 15. The molecule has 2 unspecified atom stereocenters. The maximum absolute atomic E-state index is 13.1. The number of carbonyl (C=O) groups is 4. The van der Waals surface area contributed by atoms with E-state index in [0.717, 1.165) is 115 Å². The lowest BCUT2D eigenvalue weighted by molar-refractivity contribution is -0.161. The van der Waals surface area contributed by atoms with E-state index >= 15 is 0 Å². The zero-order valence-electron chi connectivity index (χ0n) is 60.0. The predicted molar refractivity (Wildman–Crippen MR) is 377 cm³/mol. The van der Waals surface area contributed by atoms with Crippen LogP contribution in [-0.2, 0) is 65.4 Å². The number of unbranched alkanes of at least 4 members (excludes halogenated alkanes) is 38. The Labute approximate surface area is 567 Å². The van der Waals surface area contributed by atoms with Gasteiger partial charge in [-0.15, -0.1) is 0 Å². The third-order valence-electron chi connectivity index (χ3n) is 16.6. The highest BCUT2D eigenvalue weighted by Crippen LogP contribution is 2.45. The van der Waals surface area contributed by atoms with Crippen molar-refractivity contribution in [3.8, 4) is 0 Å². The number of rotatable bonds is 71. The Morgan fingerprint density at radius 3 is 0.882 bits per heavy atom. The standard InChI is InChI=1S/C74H140O17P2/c1-7-9-11-13-15-17-19-20-21-24-28-32-39-45-51-57-72(77)85-62-69(90-73(78)58-52-46-40-33-29-25-22-23-27-30-36-42-48-54-66(3)4)64-88-92(80,81)86-60-68(75)61-87-93(82,83)89-65-70(91-74(79)59-53-47-41-35-34-37-43-49-55-67(5)6)63-84-71(76)56-50-44-38-31-26-18-16-14-12-10-8-2/h17,19-21,66-70,75H,7-16,18,22-65H2,1-6H3,(H,80,81)(H,82,83)/b19-17-,21-20-/t68-,69-,70-/m1/s1. The molecule has 0 radical (unpaired) electrons. The van der Waals surface area contributed by atoms with E-state index in [0.29, 0.717) is 31.6 Å². The number of aliphatic hydroxyl groups excluding tert-OH is 1. The number of aliphatic hydroxyl groups is 1. The third-order valence-corrected chi connectivity index (χ3v) is 18.5. The van der Waals surface area contributed by atoms with Crippen LogP contribution < -0.4 is 0 Å². The fourth-order valence-corrected chi connectivity index (χ4v) is 12.3. The molecule has 0 heterocycles. The van der Waals surface area contributed by atoms with Gasteiger partial charge in [-0.3, -0.25) is 37.3 Å². The summed E-state index contributed by atoms with van der Waals surface area (Å²) in [5.74, 6) is -0.649. The van der Waals surface area contributed by atoms with Crippen LogP contribution in [0.25, 0.3) is 0 Å². The first-order chi connectivity index (χ1) is 44.9. The topological polar surface area (TPSA) is 237 Å². The molecular weight excluding hydrogens is 1220 g/mol. The van der Waals surface area contributed by atoms with E-state index in [2.05, 4.69) is 65.8 Å². The minimum Gasteiger partial charge on any atom is -0.462 e. The van der Waals surface area contributed by atoms with Crippen LogP contribution in [0.15, 0.2) is 24.3 Å². The second kappa shape index (κ2) is 65.5. The summed E-state index contributed by atoms with van der Waals surface area (Å²) in [6.45, 7) is 9.48. The number of ether oxygens (including phenoxy) is 4. The molecule has 0 fully saturated rings. The molecule has 17 nitrogen and oxygen atoms in total. The summed E-state index contributed by atoms with van der Waals surface area (Å²) in [6.07, 6.45) is 54.9. The lowest BCUT2D eigenvalue weighted by atomic mass is 10.0. The van der Waals surface area contributed by atoms with Gasteiger partial charge in [0.15, 0.2) is 12.2 Å². The van der Waals surface area contributed by atoms with Gasteiger partial charge in [0.05, 0.1) is 26.4 Å². The summed E-state index contributed by atoms with van der Waals surface area (Å²) in [7, 11) is -9.92. The quantitative estimate of drug-likeness (QED) is 0.0169. The Morgan fingerprint density at radius 2 is 0.581 bits per heavy atom. The molecule has 0 aliphatic rings. The van der Waals surface area contributed by atoms with Crippen molar-refractivity contribution in [1.29, 1.82) is 0 Å². The van der Waals surface area contributed by atoms with Crippen molar-refractivity contribution in [1.82, 2.24) is 0 Å². The van der Waals surface area contributed by atoms with E-state index in [1.54, 1.807) is 0 Å². The molecule has 0 amide bonds. The van der Waals surface area contributed by atoms with Crippen molar-refractivity contribution in [2.75, 3.05) is 39.6 Å². The average Bonchev–Trinajstić information content (AvgIpc) is 2.57. The van der Waals surface area contributed by atoms with Crippen LogP contribution in [0.3, 0.4) is 0 Å². The zero-order chi connectivity index (χ0) is 68.6. The highest BCUT2D eigenvalue weighted by molar-refractivity contribution is 7.47. The van der Waals surface area contributed by atoms with Gasteiger partial charge < -0.3 is 33.8 Å². The zero-order valence-corrected chi connectivity index (χ0v) is 61.8. The lowest BCUT2D eigenvalue weighted by Crippen LogP contribution is -2.30. The summed E-state index contributed by atoms with van der Waals surface area (Å²) in [4.78, 5) is 72.7. The van der Waals surface area contributed by atoms with Gasteiger partial charge >= 0.3 is 39.5 Å². The molecule has 19 heteroatoms. The molecule has 0 aromatic carbocycles. The van der Waals surface area contributed by atoms with Crippen molar-refractivity contribution < 1.29 is 80.2 Å². The first-order valence-corrected chi connectivity index (χ1v) is 40.8. The first-order valence-electron chi connectivity index (χ1n) is 37.8. The monoisotopic (exact) mass is 1360 g/mol. The molecule has 0 saturated carbocycles. The van der Waals surface area contributed by atoms with Crippen molar-refractivity contribution >= 4 is 39.5 Å². The van der Waals surface area contributed by atoms with E-state index in [-0.39, 0.29) is 25.7 Å². The van der Waals surface area contributed by atoms with Crippen molar-refractivity contribution in [3.63, 3.8) is 0 Å². The normalized spacial score (nSPS) is 14.2. The van der Waals surface area contributed by atoms with Gasteiger partial charge in [0.1, 0.15) is 19.3 Å². The molecule has 93 heavy (non-hydrogen) atoms. The van der Waals surface area contributed by atoms with Gasteiger partial charge in [-0.25, -0.2) is 9.13 Å². The Morgan fingerprint density at radius 1 is 0.333 bits per heavy atom. The van der Waals surface area contributed by atoms with Crippen LogP contribution in [0.5, 0.6) is 0 Å². The molecule has 0 bridgehead atoms. The van der Waals surface area contributed by atoms with Crippen LogP contribution in [0, 0.1) is 11.8 Å². The summed E-state index contributed by atoms with van der Waals surface area (Å²) >= 11 is 0. The molecule has 0 aromatic rings. The fourth-order valence-electron chi connectivity index (χ4n) is 10.8. The largest absolute Gasteiger partial charge is 0.472 e. The van der Waals surface area contributed by atoms with Gasteiger partial charge in [0.2, 0.25) is 0 Å². The minimum atomic E-state index is -4.96. The summed E-state index contributed by atoms with van der Waals surface area (Å²) in [6, 6.07) is 0. The second-order valence-corrected chi connectivity index (χ2v) is 29.9. The molecule has 3 N–H and O–H groups in total. The van der Waals surface area contributed by atoms with E-state index < -0.39 is 97.5 Å². The number of phosphoric acid groups is 2. The van der Waals surface area contributed by atoms with Gasteiger partial charge in [-0.1, -0.05) is 303 Å². The number of carbonyl (C=O) groups excluding carboxylic acids is 4. The molecule has 0 saturated heterocycles. The van der Waals surface area contributed by atoms with Crippen molar-refractivity contribution in [3.05, 3.63) is 24.3 Å². The lowest BCUT2D eigenvalue weighted by Gasteiger charge is -2.21. The maximum Gasteiger partial charge on any atom is 0.472 e. The Hall–Kier alpha value is -2.46. The van der Waals surface area contributed by atoms with E-state index in [4.69, 9.17) is 37.0 Å². The SMILES string of the molecule is CCCCCC/C=C\C=C/CCCCCCCC(=O)OC[C@H](COP(=O)(O)OC[C@@H](O)COP(=O)(O)OC[C@@H](COC(=O)CCCCCCCCCCCCC)OC(=O)CCCCCCCCCCC(C)C)OC(=O)CCCCCCCCCCCCCCCC(C)C. The highest BCUT2D eigenvalue weighted by atomic mass is 31.2. The number of hydrogen-bond donors (Lipinski definition) is 3. The molecule has 0 spiro atoms. The third kappa shape index (κ3) is 67.9. The maximum atomic E-state index is 13.1. The van der Waals surface area contributed by atoms with Crippen LogP contribution in [-0.4, -0.2) is 96.7 Å². The van der Waals surface area contributed by atoms with Crippen LogP contribution in [0.2, 0.25) is 0 Å². The smallest absolute Gasteiger partial charge is 0.462 e. The highest BCUT2D eigenvalue weighted by Gasteiger charge is 2.30. The molecule has 0 aromatic heterocycles. The van der Waals surface area contributed by atoms with Gasteiger partial charge in [0, 0.05) is 25.7 Å². The molecule has 0 aliphatic heterocycles. The Balaban J connectivity index is 5.28. The van der Waals surface area contributed by atoms with E-state index in [9.17, 15) is 43.2 Å². The second-order valence-electron chi connectivity index (χ2n) is 27.0. The average molecular weight is 1360 g/mol. The van der Waals surface area contributed by atoms with Crippen LogP contribution in [0.1, 0.15) is 356 Å². The van der Waals surface area contributed by atoms with E-state index in [1.807, 2.05) is 0 Å². The number of phosphoric ester groups is 2. The minimum absolute atomic E-state index is 0.100. The molecular formula is C74H140O17P2.